The smallest absolute Gasteiger partial charge is 0.259 e. The Bertz CT molecular complexity index is 1270. The summed E-state index contributed by atoms with van der Waals surface area (Å²) in [4.78, 5) is 26.5. The number of likely N-dealkylation sites (tertiary alicyclic amines) is 1. The lowest BCUT2D eigenvalue weighted by Gasteiger charge is -2.19. The first-order chi connectivity index (χ1) is 15.6. The first kappa shape index (κ1) is 20.2. The molecule has 1 atom stereocenters. The van der Waals surface area contributed by atoms with E-state index in [1.54, 1.807) is 18.3 Å². The molecule has 32 heavy (non-hydrogen) atoms. The fraction of sp³-hybridized carbons (Fsp3) is 0.261. The molecule has 8 nitrogen and oxygen atoms in total. The molecule has 3 aromatic heterocycles. The summed E-state index contributed by atoms with van der Waals surface area (Å²) in [5.74, 6) is -0.996. The number of aromatic amines is 1. The summed E-state index contributed by atoms with van der Waals surface area (Å²) in [6.45, 7) is 4.15. The third-order valence-corrected chi connectivity index (χ3v) is 5.81. The highest BCUT2D eigenvalue weighted by Crippen LogP contribution is 2.23. The first-order valence-corrected chi connectivity index (χ1v) is 10.5. The molecule has 1 aliphatic rings. The van der Waals surface area contributed by atoms with Crippen molar-refractivity contribution in [3.8, 4) is 11.3 Å². The minimum atomic E-state index is -0.651. The molecule has 1 saturated heterocycles. The monoisotopic (exact) mass is 431 g/mol. The maximum absolute atomic E-state index is 14.6. The lowest BCUT2D eigenvalue weighted by Crippen LogP contribution is -2.26. The lowest BCUT2D eigenvalue weighted by molar-refractivity contribution is 0.102. The summed E-state index contributed by atoms with van der Waals surface area (Å²) < 4.78 is 14.6. The summed E-state index contributed by atoms with van der Waals surface area (Å²) in [5.41, 5.74) is 3.53. The normalized spacial score (nSPS) is 16.5. The summed E-state index contributed by atoms with van der Waals surface area (Å²) in [5, 5.41) is 10.9. The number of rotatable bonds is 5. The van der Waals surface area contributed by atoms with Gasteiger partial charge >= 0.3 is 0 Å². The Kier molecular flexibility index (Phi) is 5.32. The summed E-state index contributed by atoms with van der Waals surface area (Å²) in [7, 11) is 0. The zero-order chi connectivity index (χ0) is 22.1. The Labute approximate surface area is 183 Å². The van der Waals surface area contributed by atoms with Crippen LogP contribution in [0.3, 0.4) is 0 Å². The number of amides is 1. The predicted octanol–water partition coefficient (Wildman–Crippen LogP) is 3.79. The number of fused-ring (bicyclic) bond motifs is 1. The van der Waals surface area contributed by atoms with Gasteiger partial charge in [-0.15, -0.1) is 10.2 Å². The van der Waals surface area contributed by atoms with Crippen LogP contribution in [0.1, 0.15) is 35.8 Å². The minimum Gasteiger partial charge on any atom is -0.356 e. The molecule has 162 valence electrons. The molecule has 0 spiro atoms. The number of H-pyrrole nitrogens is 1. The molecular formula is C23H22FN7O. The van der Waals surface area contributed by atoms with E-state index in [1.165, 1.54) is 37.4 Å². The van der Waals surface area contributed by atoms with Crippen LogP contribution in [0.5, 0.6) is 0 Å². The fourth-order valence-corrected chi connectivity index (χ4v) is 4.07. The van der Waals surface area contributed by atoms with E-state index in [2.05, 4.69) is 42.3 Å². The van der Waals surface area contributed by atoms with E-state index >= 15 is 0 Å². The van der Waals surface area contributed by atoms with Gasteiger partial charge in [0.1, 0.15) is 11.3 Å². The van der Waals surface area contributed by atoms with Gasteiger partial charge < -0.3 is 10.3 Å². The molecule has 9 heteroatoms. The highest BCUT2D eigenvalue weighted by atomic mass is 19.1. The lowest BCUT2D eigenvalue weighted by atomic mass is 10.1. The van der Waals surface area contributed by atoms with Crippen LogP contribution in [-0.4, -0.2) is 48.5 Å². The molecule has 1 aromatic carbocycles. The standard InChI is InChI=1S/C23H22FN7O/c1-14-3-2-8-31(14)13-16-10-20-19(27-16)11-22(30-29-20)28-23(32)17-5-4-15(9-18(17)24)21-12-25-6-7-26-21/h4-7,9-12,14,27H,2-3,8,13H2,1H3,(H,28,30,32). The van der Waals surface area contributed by atoms with Crippen molar-refractivity contribution in [2.45, 2.75) is 32.4 Å². The molecule has 1 fully saturated rings. The van der Waals surface area contributed by atoms with Gasteiger partial charge in [0.05, 0.1) is 23.0 Å². The van der Waals surface area contributed by atoms with Gasteiger partial charge in [-0.05, 0) is 44.5 Å². The van der Waals surface area contributed by atoms with Gasteiger partial charge in [-0.3, -0.25) is 19.7 Å². The summed E-state index contributed by atoms with van der Waals surface area (Å²) >= 11 is 0. The number of carbonyl (C=O) groups is 1. The van der Waals surface area contributed by atoms with E-state index in [0.29, 0.717) is 17.3 Å². The molecule has 4 heterocycles. The Morgan fingerprint density at radius 2 is 2.16 bits per heavy atom. The zero-order valence-corrected chi connectivity index (χ0v) is 17.5. The molecule has 1 unspecified atom stereocenters. The minimum absolute atomic E-state index is 0.0882. The van der Waals surface area contributed by atoms with Gasteiger partial charge in [0, 0.05) is 42.3 Å². The highest BCUT2D eigenvalue weighted by Gasteiger charge is 2.21. The second-order valence-corrected chi connectivity index (χ2v) is 8.02. The number of hydrogen-bond acceptors (Lipinski definition) is 6. The van der Waals surface area contributed by atoms with Gasteiger partial charge in [-0.1, -0.05) is 6.07 Å². The number of hydrogen-bond donors (Lipinski definition) is 2. The van der Waals surface area contributed by atoms with Crippen LogP contribution < -0.4 is 5.32 Å². The van der Waals surface area contributed by atoms with E-state index in [-0.39, 0.29) is 11.4 Å². The average Bonchev–Trinajstić information content (AvgIpc) is 3.39. The van der Waals surface area contributed by atoms with Crippen LogP contribution in [0.2, 0.25) is 0 Å². The topological polar surface area (TPSA) is 99.7 Å². The summed E-state index contributed by atoms with van der Waals surface area (Å²) in [6, 6.07) is 8.58. The molecule has 0 aliphatic carbocycles. The van der Waals surface area contributed by atoms with E-state index < -0.39 is 11.7 Å². The van der Waals surface area contributed by atoms with Gasteiger partial charge in [-0.25, -0.2) is 4.39 Å². The number of aromatic nitrogens is 5. The van der Waals surface area contributed by atoms with Crippen molar-refractivity contribution in [2.75, 3.05) is 11.9 Å². The maximum Gasteiger partial charge on any atom is 0.259 e. The molecule has 2 N–H and O–H groups in total. The van der Waals surface area contributed by atoms with Crippen LogP contribution in [-0.2, 0) is 6.54 Å². The van der Waals surface area contributed by atoms with Crippen molar-refractivity contribution >= 4 is 22.8 Å². The fourth-order valence-electron chi connectivity index (χ4n) is 4.07. The molecule has 0 bridgehead atoms. The van der Waals surface area contributed by atoms with E-state index in [9.17, 15) is 9.18 Å². The number of halogens is 1. The molecular weight excluding hydrogens is 409 g/mol. The van der Waals surface area contributed by atoms with Crippen molar-refractivity contribution in [3.05, 3.63) is 66.0 Å². The van der Waals surface area contributed by atoms with Crippen molar-refractivity contribution in [1.82, 2.24) is 30.0 Å². The molecule has 1 amide bonds. The molecule has 4 aromatic rings. The molecule has 5 rings (SSSR count). The molecule has 0 radical (unpaired) electrons. The SMILES string of the molecule is CC1CCCN1Cc1cc2nnc(NC(=O)c3ccc(-c4cnccn4)cc3F)cc2[nH]1. The quantitative estimate of drug-likeness (QED) is 0.499. The maximum atomic E-state index is 14.6. The van der Waals surface area contributed by atoms with Crippen LogP contribution in [0.4, 0.5) is 10.2 Å². The largest absolute Gasteiger partial charge is 0.356 e. The zero-order valence-electron chi connectivity index (χ0n) is 17.5. The van der Waals surface area contributed by atoms with E-state index in [0.717, 1.165) is 29.8 Å². The number of carbonyl (C=O) groups excluding carboxylic acids is 1. The van der Waals surface area contributed by atoms with Gasteiger partial charge in [0.15, 0.2) is 5.82 Å². The predicted molar refractivity (Wildman–Crippen MR) is 118 cm³/mol. The Morgan fingerprint density at radius 1 is 1.25 bits per heavy atom. The van der Waals surface area contributed by atoms with Gasteiger partial charge in [0.25, 0.3) is 5.91 Å². The molecule has 0 saturated carbocycles. The summed E-state index contributed by atoms with van der Waals surface area (Å²) in [6.07, 6.45) is 7.04. The third kappa shape index (κ3) is 4.06. The second-order valence-electron chi connectivity index (χ2n) is 8.02. The molecule has 1 aliphatic heterocycles. The van der Waals surface area contributed by atoms with Gasteiger partial charge in [-0.2, -0.15) is 0 Å². The van der Waals surface area contributed by atoms with Crippen molar-refractivity contribution in [2.24, 2.45) is 0 Å². The van der Waals surface area contributed by atoms with Crippen molar-refractivity contribution in [3.63, 3.8) is 0 Å². The van der Waals surface area contributed by atoms with Gasteiger partial charge in [0.2, 0.25) is 0 Å². The van der Waals surface area contributed by atoms with Crippen LogP contribution in [0.25, 0.3) is 22.3 Å². The first-order valence-electron chi connectivity index (χ1n) is 10.5. The number of nitrogens with zero attached hydrogens (tertiary/aromatic N) is 5. The Balaban J connectivity index is 1.32. The van der Waals surface area contributed by atoms with Crippen molar-refractivity contribution in [1.29, 1.82) is 0 Å². The number of anilines is 1. The van der Waals surface area contributed by atoms with Crippen LogP contribution in [0, 0.1) is 5.82 Å². The Morgan fingerprint density at radius 3 is 2.91 bits per heavy atom. The average molecular weight is 431 g/mol. The van der Waals surface area contributed by atoms with Crippen molar-refractivity contribution < 1.29 is 9.18 Å². The van der Waals surface area contributed by atoms with Crippen LogP contribution in [0.15, 0.2) is 48.9 Å². The van der Waals surface area contributed by atoms with E-state index in [1.807, 2.05) is 6.07 Å². The van der Waals surface area contributed by atoms with E-state index in [4.69, 9.17) is 0 Å². The Hall–Kier alpha value is -3.72. The highest BCUT2D eigenvalue weighted by molar-refractivity contribution is 6.04. The number of nitrogens with one attached hydrogen (secondary N) is 2. The third-order valence-electron chi connectivity index (χ3n) is 5.81. The number of benzene rings is 1. The van der Waals surface area contributed by atoms with Crippen LogP contribution >= 0.6 is 0 Å². The second kappa shape index (κ2) is 8.43.